The molecule has 6 nitrogen and oxygen atoms in total. The third kappa shape index (κ3) is 3.99. The standard InChI is InChI=1S/C21H26N2O4S/c1-5-16(4)22-21(24)20-13-23(18-11-8-15(3)12-19(18)27-20)28(25,26)17-9-6-14(2)7-10-17/h6-12,16,20H,5,13H2,1-4H3,(H,22,24)/t16-,20+/m0/s1. The number of fused-ring (bicyclic) bond motifs is 1. The van der Waals surface area contributed by atoms with E-state index in [2.05, 4.69) is 5.32 Å². The lowest BCUT2D eigenvalue weighted by Gasteiger charge is -2.35. The largest absolute Gasteiger partial charge is 0.476 e. The summed E-state index contributed by atoms with van der Waals surface area (Å²) >= 11 is 0. The van der Waals surface area contributed by atoms with Crippen molar-refractivity contribution >= 4 is 21.6 Å². The zero-order valence-corrected chi connectivity index (χ0v) is 17.4. The van der Waals surface area contributed by atoms with Crippen LogP contribution in [0.4, 0.5) is 5.69 Å². The fourth-order valence-corrected chi connectivity index (χ4v) is 4.48. The molecule has 0 fully saturated rings. The SMILES string of the molecule is CC[C@H](C)NC(=O)[C@H]1CN(S(=O)(=O)c2ccc(C)cc2)c2ccc(C)cc2O1. The maximum atomic E-state index is 13.3. The highest BCUT2D eigenvalue weighted by molar-refractivity contribution is 7.92. The molecule has 1 heterocycles. The zero-order chi connectivity index (χ0) is 20.5. The molecule has 1 aliphatic heterocycles. The molecule has 2 aromatic rings. The Bertz CT molecular complexity index is 970. The van der Waals surface area contributed by atoms with E-state index in [1.54, 1.807) is 36.4 Å². The van der Waals surface area contributed by atoms with Gasteiger partial charge in [0, 0.05) is 6.04 Å². The van der Waals surface area contributed by atoms with Crippen LogP contribution in [0.15, 0.2) is 47.4 Å². The quantitative estimate of drug-likeness (QED) is 0.833. The molecule has 2 aromatic carbocycles. The molecule has 0 aromatic heterocycles. The third-order valence-electron chi connectivity index (χ3n) is 4.89. The van der Waals surface area contributed by atoms with E-state index in [1.807, 2.05) is 33.8 Å². The van der Waals surface area contributed by atoms with Gasteiger partial charge in [0.15, 0.2) is 6.10 Å². The summed E-state index contributed by atoms with van der Waals surface area (Å²) in [6.45, 7) is 7.59. The Kier molecular flexibility index (Phi) is 5.65. The van der Waals surface area contributed by atoms with Crippen LogP contribution in [-0.4, -0.2) is 33.0 Å². The molecule has 0 radical (unpaired) electrons. The van der Waals surface area contributed by atoms with E-state index in [9.17, 15) is 13.2 Å². The van der Waals surface area contributed by atoms with Crippen molar-refractivity contribution in [3.63, 3.8) is 0 Å². The van der Waals surface area contributed by atoms with Gasteiger partial charge < -0.3 is 10.1 Å². The van der Waals surface area contributed by atoms with Gasteiger partial charge in [-0.3, -0.25) is 9.10 Å². The van der Waals surface area contributed by atoms with Crippen LogP contribution in [0.3, 0.4) is 0 Å². The average molecular weight is 403 g/mol. The zero-order valence-electron chi connectivity index (χ0n) is 16.6. The summed E-state index contributed by atoms with van der Waals surface area (Å²) in [6.07, 6.45) is -0.136. The topological polar surface area (TPSA) is 75.7 Å². The Hall–Kier alpha value is -2.54. The van der Waals surface area contributed by atoms with Crippen molar-refractivity contribution in [1.29, 1.82) is 0 Å². The van der Waals surface area contributed by atoms with E-state index in [0.29, 0.717) is 11.4 Å². The normalized spacial score (nSPS) is 17.4. The number of nitrogens with one attached hydrogen (secondary N) is 1. The first kappa shape index (κ1) is 20.2. The first-order valence-corrected chi connectivity index (χ1v) is 10.8. The van der Waals surface area contributed by atoms with Gasteiger partial charge in [-0.25, -0.2) is 8.42 Å². The Morgan fingerprint density at radius 2 is 1.82 bits per heavy atom. The summed E-state index contributed by atoms with van der Waals surface area (Å²) in [5, 5.41) is 2.88. The number of benzene rings is 2. The van der Waals surface area contributed by atoms with Gasteiger partial charge >= 0.3 is 0 Å². The number of sulfonamides is 1. The van der Waals surface area contributed by atoms with E-state index in [4.69, 9.17) is 4.74 Å². The minimum absolute atomic E-state index is 0.0165. The highest BCUT2D eigenvalue weighted by Gasteiger charge is 2.37. The molecule has 0 saturated heterocycles. The second kappa shape index (κ2) is 7.83. The Morgan fingerprint density at radius 1 is 1.18 bits per heavy atom. The molecular formula is C21H26N2O4S. The summed E-state index contributed by atoms with van der Waals surface area (Å²) in [4.78, 5) is 12.8. The Morgan fingerprint density at radius 3 is 2.46 bits per heavy atom. The van der Waals surface area contributed by atoms with Crippen molar-refractivity contribution in [1.82, 2.24) is 5.32 Å². The predicted octanol–water partition coefficient (Wildman–Crippen LogP) is 3.17. The van der Waals surface area contributed by atoms with Crippen molar-refractivity contribution in [3.8, 4) is 5.75 Å². The van der Waals surface area contributed by atoms with Crippen molar-refractivity contribution in [2.45, 2.75) is 51.2 Å². The van der Waals surface area contributed by atoms with Gasteiger partial charge in [0.1, 0.15) is 5.75 Å². The Labute approximate surface area is 166 Å². The summed E-state index contributed by atoms with van der Waals surface area (Å²) in [5.74, 6) is 0.0804. The molecule has 7 heteroatoms. The lowest BCUT2D eigenvalue weighted by Crippen LogP contribution is -2.52. The maximum Gasteiger partial charge on any atom is 0.264 e. The van der Waals surface area contributed by atoms with E-state index < -0.39 is 16.1 Å². The molecular weight excluding hydrogens is 376 g/mol. The van der Waals surface area contributed by atoms with E-state index in [1.165, 1.54) is 4.31 Å². The van der Waals surface area contributed by atoms with Crippen LogP contribution in [-0.2, 0) is 14.8 Å². The monoisotopic (exact) mass is 402 g/mol. The van der Waals surface area contributed by atoms with Crippen LogP contribution < -0.4 is 14.4 Å². The van der Waals surface area contributed by atoms with Gasteiger partial charge in [-0.05, 0) is 57.0 Å². The number of carbonyl (C=O) groups is 1. The fraction of sp³-hybridized carbons (Fsp3) is 0.381. The van der Waals surface area contributed by atoms with Crippen molar-refractivity contribution in [2.75, 3.05) is 10.8 Å². The molecule has 0 saturated carbocycles. The number of anilines is 1. The molecule has 0 bridgehead atoms. The predicted molar refractivity (Wildman–Crippen MR) is 109 cm³/mol. The molecule has 3 rings (SSSR count). The van der Waals surface area contributed by atoms with E-state index >= 15 is 0 Å². The second-order valence-corrected chi connectivity index (χ2v) is 9.11. The third-order valence-corrected chi connectivity index (χ3v) is 6.68. The molecule has 1 N–H and O–H groups in total. The van der Waals surface area contributed by atoms with Crippen LogP contribution in [0.2, 0.25) is 0 Å². The Balaban J connectivity index is 2.01. The number of ether oxygens (including phenoxy) is 1. The van der Waals surface area contributed by atoms with Crippen LogP contribution in [0.5, 0.6) is 5.75 Å². The molecule has 0 unspecified atom stereocenters. The average Bonchev–Trinajstić information content (AvgIpc) is 2.66. The molecule has 0 aliphatic carbocycles. The second-order valence-electron chi connectivity index (χ2n) is 7.24. The lowest BCUT2D eigenvalue weighted by molar-refractivity contribution is -0.128. The molecule has 150 valence electrons. The summed E-state index contributed by atoms with van der Waals surface area (Å²) in [5.41, 5.74) is 2.34. The minimum atomic E-state index is -3.83. The molecule has 1 aliphatic rings. The maximum absolute atomic E-state index is 13.3. The number of aryl methyl sites for hydroxylation is 2. The van der Waals surface area contributed by atoms with E-state index in [-0.39, 0.29) is 23.4 Å². The van der Waals surface area contributed by atoms with E-state index in [0.717, 1.165) is 17.5 Å². The number of hydrogen-bond acceptors (Lipinski definition) is 4. The first-order valence-electron chi connectivity index (χ1n) is 9.39. The number of nitrogens with zero attached hydrogens (tertiary/aromatic N) is 1. The lowest BCUT2D eigenvalue weighted by atomic mass is 10.1. The van der Waals surface area contributed by atoms with Crippen molar-refractivity contribution < 1.29 is 17.9 Å². The fourth-order valence-electron chi connectivity index (χ4n) is 3.00. The van der Waals surface area contributed by atoms with Crippen molar-refractivity contribution in [2.24, 2.45) is 0 Å². The minimum Gasteiger partial charge on any atom is -0.476 e. The summed E-state index contributed by atoms with van der Waals surface area (Å²) in [6, 6.07) is 12.0. The van der Waals surface area contributed by atoms with Crippen LogP contribution >= 0.6 is 0 Å². The summed E-state index contributed by atoms with van der Waals surface area (Å²) < 4.78 is 33.8. The van der Waals surface area contributed by atoms with Gasteiger partial charge in [-0.2, -0.15) is 0 Å². The van der Waals surface area contributed by atoms with Crippen LogP contribution in [0.1, 0.15) is 31.4 Å². The number of hydrogen-bond donors (Lipinski definition) is 1. The van der Waals surface area contributed by atoms with Crippen LogP contribution in [0.25, 0.3) is 0 Å². The van der Waals surface area contributed by atoms with Gasteiger partial charge in [-0.1, -0.05) is 30.7 Å². The molecule has 1 amide bonds. The van der Waals surface area contributed by atoms with Gasteiger partial charge in [0.2, 0.25) is 0 Å². The van der Waals surface area contributed by atoms with Crippen LogP contribution in [0, 0.1) is 13.8 Å². The molecule has 0 spiro atoms. The first-order chi connectivity index (χ1) is 13.2. The number of amides is 1. The van der Waals surface area contributed by atoms with Gasteiger partial charge in [-0.15, -0.1) is 0 Å². The summed E-state index contributed by atoms with van der Waals surface area (Å²) in [7, 11) is -3.83. The molecule has 2 atom stereocenters. The highest BCUT2D eigenvalue weighted by atomic mass is 32.2. The van der Waals surface area contributed by atoms with Gasteiger partial charge in [0.25, 0.3) is 15.9 Å². The smallest absolute Gasteiger partial charge is 0.264 e. The number of rotatable bonds is 5. The van der Waals surface area contributed by atoms with Crippen molar-refractivity contribution in [3.05, 3.63) is 53.6 Å². The molecule has 28 heavy (non-hydrogen) atoms. The number of carbonyl (C=O) groups excluding carboxylic acids is 1. The van der Waals surface area contributed by atoms with Gasteiger partial charge in [0.05, 0.1) is 17.1 Å². The highest BCUT2D eigenvalue weighted by Crippen LogP contribution is 2.37.